The van der Waals surface area contributed by atoms with Gasteiger partial charge >= 0.3 is 0 Å². The summed E-state index contributed by atoms with van der Waals surface area (Å²) in [6.45, 7) is 9.82. The number of hydrogen-bond donors (Lipinski definition) is 1. The van der Waals surface area contributed by atoms with Gasteiger partial charge in [-0.15, -0.1) is 0 Å². The maximum atomic E-state index is 10.1. The molecule has 0 unspecified atom stereocenters. The van der Waals surface area contributed by atoms with E-state index in [9.17, 15) is 5.11 Å². The first-order valence-electron chi connectivity index (χ1n) is 12.2. The predicted molar refractivity (Wildman–Crippen MR) is 114 cm³/mol. The van der Waals surface area contributed by atoms with Gasteiger partial charge in [-0.2, -0.15) is 0 Å². The van der Waals surface area contributed by atoms with Crippen molar-refractivity contribution >= 4 is 0 Å². The summed E-state index contributed by atoms with van der Waals surface area (Å²) < 4.78 is 0. The minimum absolute atomic E-state index is 0.00555. The molecular formula is C26H44O. The molecule has 154 valence electrons. The first kappa shape index (κ1) is 20.0. The average molecular weight is 373 g/mol. The first-order valence-corrected chi connectivity index (χ1v) is 12.2. The highest BCUT2D eigenvalue weighted by Gasteiger charge is 2.57. The van der Waals surface area contributed by atoms with Gasteiger partial charge in [0.05, 0.1) is 6.10 Å². The molecule has 1 heteroatoms. The zero-order valence-electron chi connectivity index (χ0n) is 18.4. The predicted octanol–water partition coefficient (Wildman–Crippen LogP) is 6.85. The van der Waals surface area contributed by atoms with E-state index in [2.05, 4.69) is 39.8 Å². The standard InChI is InChI=1S/C26H44O/c1-17(2)6-5-7-18(3)24-12-13-25-23-10-8-19-16-20(27)9-11-21(19)22(23)14-15-26(24,25)4/h5,7,17-25,27H,6,8-16H2,1-4H3/b7-5+/t18-,19+,20-,21+,22-,23-,24-,25-,26-/m1/s1. The van der Waals surface area contributed by atoms with Gasteiger partial charge in [-0.25, -0.2) is 0 Å². The zero-order chi connectivity index (χ0) is 19.2. The molecule has 0 aromatic rings. The summed E-state index contributed by atoms with van der Waals surface area (Å²) in [5, 5.41) is 10.1. The highest BCUT2D eigenvalue weighted by atomic mass is 16.3. The van der Waals surface area contributed by atoms with Gasteiger partial charge in [0.1, 0.15) is 0 Å². The van der Waals surface area contributed by atoms with E-state index < -0.39 is 0 Å². The molecule has 1 N–H and O–H groups in total. The van der Waals surface area contributed by atoms with E-state index in [0.29, 0.717) is 5.41 Å². The lowest BCUT2D eigenvalue weighted by atomic mass is 9.49. The lowest BCUT2D eigenvalue weighted by Crippen LogP contribution is -2.49. The van der Waals surface area contributed by atoms with Gasteiger partial charge in [-0.1, -0.05) is 39.8 Å². The third kappa shape index (κ3) is 3.67. The molecule has 0 saturated heterocycles. The van der Waals surface area contributed by atoms with E-state index >= 15 is 0 Å². The molecule has 4 aliphatic carbocycles. The summed E-state index contributed by atoms with van der Waals surface area (Å²) in [5.41, 5.74) is 0.587. The van der Waals surface area contributed by atoms with Crippen LogP contribution in [0, 0.1) is 52.8 Å². The van der Waals surface area contributed by atoms with Crippen LogP contribution in [0.5, 0.6) is 0 Å². The normalized spacial score (nSPS) is 48.3. The number of aliphatic hydroxyl groups excluding tert-OH is 1. The van der Waals surface area contributed by atoms with Crippen LogP contribution in [-0.4, -0.2) is 11.2 Å². The Morgan fingerprint density at radius 2 is 1.70 bits per heavy atom. The molecule has 0 aromatic carbocycles. The fraction of sp³-hybridized carbons (Fsp3) is 0.923. The van der Waals surface area contributed by atoms with E-state index in [1.165, 1.54) is 51.4 Å². The molecule has 0 heterocycles. The molecule has 0 radical (unpaired) electrons. The molecular weight excluding hydrogens is 328 g/mol. The van der Waals surface area contributed by atoms with Gasteiger partial charge in [0.2, 0.25) is 0 Å². The second-order valence-corrected chi connectivity index (χ2v) is 11.5. The molecule has 4 rings (SSSR count). The second kappa shape index (κ2) is 7.85. The van der Waals surface area contributed by atoms with Gasteiger partial charge in [0, 0.05) is 0 Å². The third-order valence-electron chi connectivity index (χ3n) is 9.68. The van der Waals surface area contributed by atoms with E-state index in [1.54, 1.807) is 0 Å². The van der Waals surface area contributed by atoms with Crippen LogP contribution in [0.4, 0.5) is 0 Å². The van der Waals surface area contributed by atoms with Gasteiger partial charge in [0.15, 0.2) is 0 Å². The van der Waals surface area contributed by atoms with Crippen LogP contribution < -0.4 is 0 Å². The fourth-order valence-corrected chi connectivity index (χ4v) is 8.43. The number of aliphatic hydroxyl groups is 1. The molecule has 0 spiro atoms. The van der Waals surface area contributed by atoms with Gasteiger partial charge < -0.3 is 5.11 Å². The number of hydrogen-bond acceptors (Lipinski definition) is 1. The summed E-state index contributed by atoms with van der Waals surface area (Å²) in [7, 11) is 0. The van der Waals surface area contributed by atoms with E-state index in [-0.39, 0.29) is 6.10 Å². The van der Waals surface area contributed by atoms with E-state index in [4.69, 9.17) is 0 Å². The lowest BCUT2D eigenvalue weighted by molar-refractivity contribution is -0.0800. The number of fused-ring (bicyclic) bond motifs is 5. The number of rotatable bonds is 4. The van der Waals surface area contributed by atoms with Crippen molar-refractivity contribution in [2.75, 3.05) is 0 Å². The molecule has 0 aliphatic heterocycles. The highest BCUT2D eigenvalue weighted by molar-refractivity contribution is 5.08. The topological polar surface area (TPSA) is 20.2 Å². The Kier molecular flexibility index (Phi) is 5.81. The maximum Gasteiger partial charge on any atom is 0.0543 e. The summed E-state index contributed by atoms with van der Waals surface area (Å²) in [6, 6.07) is 0. The molecule has 4 aliphatic rings. The molecule has 1 nitrogen and oxygen atoms in total. The molecule has 27 heavy (non-hydrogen) atoms. The Hall–Kier alpha value is -0.300. The summed E-state index contributed by atoms with van der Waals surface area (Å²) >= 11 is 0. The van der Waals surface area contributed by atoms with Crippen molar-refractivity contribution in [1.29, 1.82) is 0 Å². The van der Waals surface area contributed by atoms with Crippen LogP contribution in [-0.2, 0) is 0 Å². The largest absolute Gasteiger partial charge is 0.393 e. The molecule has 4 saturated carbocycles. The van der Waals surface area contributed by atoms with Crippen LogP contribution in [0.2, 0.25) is 0 Å². The second-order valence-electron chi connectivity index (χ2n) is 11.5. The van der Waals surface area contributed by atoms with Crippen molar-refractivity contribution in [2.24, 2.45) is 52.8 Å². The monoisotopic (exact) mass is 372 g/mol. The summed E-state index contributed by atoms with van der Waals surface area (Å²) in [6.07, 6.45) is 18.5. The van der Waals surface area contributed by atoms with Gasteiger partial charge in [0.25, 0.3) is 0 Å². The van der Waals surface area contributed by atoms with Crippen molar-refractivity contribution in [2.45, 2.75) is 98.0 Å². The van der Waals surface area contributed by atoms with Crippen LogP contribution in [0.3, 0.4) is 0 Å². The van der Waals surface area contributed by atoms with E-state index in [1.807, 2.05) is 0 Å². The van der Waals surface area contributed by atoms with Crippen molar-refractivity contribution in [1.82, 2.24) is 0 Å². The summed E-state index contributed by atoms with van der Waals surface area (Å²) in [5.74, 6) is 7.18. The Labute approximate surface area is 168 Å². The Morgan fingerprint density at radius 3 is 2.48 bits per heavy atom. The highest BCUT2D eigenvalue weighted by Crippen LogP contribution is 2.65. The van der Waals surface area contributed by atoms with Crippen molar-refractivity contribution in [3.8, 4) is 0 Å². The Bertz CT molecular complexity index is 536. The Balaban J connectivity index is 1.46. The van der Waals surface area contributed by atoms with Crippen molar-refractivity contribution in [3.05, 3.63) is 12.2 Å². The molecule has 9 atom stereocenters. The third-order valence-corrected chi connectivity index (χ3v) is 9.68. The molecule has 0 amide bonds. The van der Waals surface area contributed by atoms with Crippen LogP contribution >= 0.6 is 0 Å². The average Bonchev–Trinajstić information content (AvgIpc) is 2.98. The first-order chi connectivity index (χ1) is 12.9. The fourth-order valence-electron chi connectivity index (χ4n) is 8.43. The Morgan fingerprint density at radius 1 is 0.926 bits per heavy atom. The van der Waals surface area contributed by atoms with Gasteiger partial charge in [-0.05, 0) is 117 Å². The van der Waals surface area contributed by atoms with Crippen LogP contribution in [0.1, 0.15) is 91.9 Å². The molecule has 0 aromatic heterocycles. The van der Waals surface area contributed by atoms with Crippen LogP contribution in [0.25, 0.3) is 0 Å². The smallest absolute Gasteiger partial charge is 0.0543 e. The quantitative estimate of drug-likeness (QED) is 0.535. The minimum Gasteiger partial charge on any atom is -0.393 e. The SMILES string of the molecule is CC(C)C/C=C/[C@@H](C)[C@H]1CC[C@@H]2[C@@H]3CC[C@H]4C[C@H](O)CC[C@@H]4[C@H]3CC[C@@]21C. The maximum absolute atomic E-state index is 10.1. The zero-order valence-corrected chi connectivity index (χ0v) is 18.4. The molecule has 4 fully saturated rings. The minimum atomic E-state index is 0.00555. The lowest BCUT2D eigenvalue weighted by Gasteiger charge is -2.56. The number of allylic oxidation sites excluding steroid dienone is 2. The van der Waals surface area contributed by atoms with Crippen molar-refractivity contribution in [3.63, 3.8) is 0 Å². The van der Waals surface area contributed by atoms with Crippen LogP contribution in [0.15, 0.2) is 12.2 Å². The van der Waals surface area contributed by atoms with E-state index in [0.717, 1.165) is 60.2 Å². The van der Waals surface area contributed by atoms with Gasteiger partial charge in [-0.3, -0.25) is 0 Å². The van der Waals surface area contributed by atoms with Crippen molar-refractivity contribution < 1.29 is 5.11 Å². The summed E-state index contributed by atoms with van der Waals surface area (Å²) in [4.78, 5) is 0. The molecule has 0 bridgehead atoms.